The molecule has 1 amide bonds. The van der Waals surface area contributed by atoms with Crippen LogP contribution in [-0.2, 0) is 0 Å². The molecule has 1 unspecified atom stereocenters. The van der Waals surface area contributed by atoms with E-state index >= 15 is 0 Å². The van der Waals surface area contributed by atoms with Gasteiger partial charge in [-0.15, -0.1) is 11.3 Å². The first-order valence-corrected chi connectivity index (χ1v) is 9.33. The fourth-order valence-corrected chi connectivity index (χ4v) is 3.97. The molecule has 1 saturated carbocycles. The summed E-state index contributed by atoms with van der Waals surface area (Å²) in [6.45, 7) is 4.04. The van der Waals surface area contributed by atoms with Crippen LogP contribution in [0.4, 0.5) is 5.82 Å². The molecule has 1 N–H and O–H groups in total. The van der Waals surface area contributed by atoms with E-state index in [4.69, 9.17) is 0 Å². The Morgan fingerprint density at radius 3 is 2.76 bits per heavy atom. The second kappa shape index (κ2) is 6.44. The summed E-state index contributed by atoms with van der Waals surface area (Å²) in [5.74, 6) is 1.30. The van der Waals surface area contributed by atoms with Gasteiger partial charge in [0.15, 0.2) is 0 Å². The van der Waals surface area contributed by atoms with Gasteiger partial charge in [0, 0.05) is 11.6 Å². The van der Waals surface area contributed by atoms with Crippen molar-refractivity contribution >= 4 is 23.1 Å². The highest BCUT2D eigenvalue weighted by Gasteiger charge is 2.31. The molecule has 128 valence electrons. The SMILES string of the molecule is Cc1nc(-c2ccccc2)sc1C(=O)Nc1ccnn1C(C)C1CC1. The molecule has 0 spiro atoms. The van der Waals surface area contributed by atoms with Gasteiger partial charge in [0.2, 0.25) is 0 Å². The Bertz CT molecular complexity index is 895. The number of nitrogens with zero attached hydrogens (tertiary/aromatic N) is 3. The standard InChI is InChI=1S/C19H20N4OS/c1-12-17(25-19(21-12)15-6-4-3-5-7-15)18(24)22-16-10-11-20-23(16)13(2)14-8-9-14/h3-7,10-11,13-14H,8-9H2,1-2H3,(H,22,24). The predicted octanol–water partition coefficient (Wildman–Crippen LogP) is 4.54. The number of hydrogen-bond acceptors (Lipinski definition) is 4. The van der Waals surface area contributed by atoms with Crippen molar-refractivity contribution in [3.05, 3.63) is 53.2 Å². The summed E-state index contributed by atoms with van der Waals surface area (Å²) in [6.07, 6.45) is 4.22. The fourth-order valence-electron chi connectivity index (χ4n) is 3.00. The first kappa shape index (κ1) is 16.0. The van der Waals surface area contributed by atoms with Crippen molar-refractivity contribution in [3.63, 3.8) is 0 Å². The van der Waals surface area contributed by atoms with E-state index < -0.39 is 0 Å². The Balaban J connectivity index is 1.56. The summed E-state index contributed by atoms with van der Waals surface area (Å²) in [5, 5.41) is 8.26. The van der Waals surface area contributed by atoms with Gasteiger partial charge in [-0.25, -0.2) is 9.67 Å². The molecule has 1 fully saturated rings. The third-order valence-corrected chi connectivity index (χ3v) is 5.83. The number of carbonyl (C=O) groups excluding carboxylic acids is 1. The van der Waals surface area contributed by atoms with Gasteiger partial charge in [0.05, 0.1) is 17.9 Å². The van der Waals surface area contributed by atoms with E-state index in [1.807, 2.05) is 48.0 Å². The van der Waals surface area contributed by atoms with Crippen LogP contribution in [0.1, 0.15) is 41.2 Å². The van der Waals surface area contributed by atoms with Gasteiger partial charge in [0.1, 0.15) is 15.7 Å². The molecule has 25 heavy (non-hydrogen) atoms. The Kier molecular flexibility index (Phi) is 4.13. The summed E-state index contributed by atoms with van der Waals surface area (Å²) in [7, 11) is 0. The van der Waals surface area contributed by atoms with Crippen molar-refractivity contribution in [1.82, 2.24) is 14.8 Å². The van der Waals surface area contributed by atoms with Gasteiger partial charge in [-0.1, -0.05) is 30.3 Å². The smallest absolute Gasteiger partial charge is 0.268 e. The lowest BCUT2D eigenvalue weighted by molar-refractivity contribution is 0.102. The number of benzene rings is 1. The molecular formula is C19H20N4OS. The van der Waals surface area contributed by atoms with E-state index in [1.54, 1.807) is 6.20 Å². The largest absolute Gasteiger partial charge is 0.306 e. The van der Waals surface area contributed by atoms with Gasteiger partial charge < -0.3 is 5.32 Å². The lowest BCUT2D eigenvalue weighted by Gasteiger charge is -2.15. The minimum atomic E-state index is -0.123. The van der Waals surface area contributed by atoms with Crippen LogP contribution in [-0.4, -0.2) is 20.7 Å². The minimum Gasteiger partial charge on any atom is -0.306 e. The van der Waals surface area contributed by atoms with E-state index in [1.165, 1.54) is 24.2 Å². The summed E-state index contributed by atoms with van der Waals surface area (Å²) in [5.41, 5.74) is 1.78. The van der Waals surface area contributed by atoms with E-state index in [2.05, 4.69) is 22.3 Å². The Morgan fingerprint density at radius 1 is 1.28 bits per heavy atom. The molecular weight excluding hydrogens is 332 g/mol. The minimum absolute atomic E-state index is 0.123. The Hall–Kier alpha value is -2.47. The predicted molar refractivity (Wildman–Crippen MR) is 99.9 cm³/mol. The zero-order valence-electron chi connectivity index (χ0n) is 14.3. The number of rotatable bonds is 5. The third kappa shape index (κ3) is 3.22. The molecule has 0 aliphatic heterocycles. The second-order valence-electron chi connectivity index (χ2n) is 6.49. The number of aryl methyl sites for hydroxylation is 1. The first-order valence-electron chi connectivity index (χ1n) is 8.51. The van der Waals surface area contributed by atoms with E-state index in [0.29, 0.717) is 16.8 Å². The fraction of sp³-hybridized carbons (Fsp3) is 0.316. The van der Waals surface area contributed by atoms with Crippen LogP contribution in [0.15, 0.2) is 42.6 Å². The average Bonchev–Trinajstić information content (AvgIpc) is 3.25. The van der Waals surface area contributed by atoms with Gasteiger partial charge in [-0.2, -0.15) is 5.10 Å². The molecule has 2 heterocycles. The van der Waals surface area contributed by atoms with Crippen LogP contribution >= 0.6 is 11.3 Å². The van der Waals surface area contributed by atoms with Crippen molar-refractivity contribution < 1.29 is 4.79 Å². The molecule has 3 aromatic rings. The summed E-state index contributed by atoms with van der Waals surface area (Å²) in [6, 6.07) is 12.1. The lowest BCUT2D eigenvalue weighted by atomic mass is 10.2. The molecule has 1 aromatic carbocycles. The van der Waals surface area contributed by atoms with Crippen molar-refractivity contribution in [2.75, 3.05) is 5.32 Å². The normalized spacial score (nSPS) is 15.1. The van der Waals surface area contributed by atoms with E-state index in [-0.39, 0.29) is 5.91 Å². The molecule has 2 aromatic heterocycles. The molecule has 4 rings (SSSR count). The molecule has 0 saturated heterocycles. The lowest BCUT2D eigenvalue weighted by Crippen LogP contribution is -2.18. The maximum Gasteiger partial charge on any atom is 0.268 e. The highest BCUT2D eigenvalue weighted by molar-refractivity contribution is 7.17. The molecule has 1 aliphatic rings. The molecule has 1 atom stereocenters. The number of thiazole rings is 1. The highest BCUT2D eigenvalue weighted by Crippen LogP contribution is 2.40. The molecule has 5 nitrogen and oxygen atoms in total. The van der Waals surface area contributed by atoms with Crippen LogP contribution in [0, 0.1) is 12.8 Å². The van der Waals surface area contributed by atoms with Crippen molar-refractivity contribution in [2.24, 2.45) is 5.92 Å². The number of amides is 1. The monoisotopic (exact) mass is 352 g/mol. The van der Waals surface area contributed by atoms with Gasteiger partial charge in [0.25, 0.3) is 5.91 Å². The van der Waals surface area contributed by atoms with Crippen molar-refractivity contribution in [3.8, 4) is 10.6 Å². The number of aromatic nitrogens is 3. The van der Waals surface area contributed by atoms with Gasteiger partial charge >= 0.3 is 0 Å². The van der Waals surface area contributed by atoms with Crippen LogP contribution in [0.5, 0.6) is 0 Å². The second-order valence-corrected chi connectivity index (χ2v) is 7.49. The molecule has 1 aliphatic carbocycles. The summed E-state index contributed by atoms with van der Waals surface area (Å²) >= 11 is 1.42. The van der Waals surface area contributed by atoms with Crippen molar-refractivity contribution in [1.29, 1.82) is 0 Å². The number of hydrogen-bond donors (Lipinski definition) is 1. The van der Waals surface area contributed by atoms with Crippen molar-refractivity contribution in [2.45, 2.75) is 32.7 Å². The average molecular weight is 352 g/mol. The quantitative estimate of drug-likeness (QED) is 0.733. The number of nitrogens with one attached hydrogen (secondary N) is 1. The zero-order valence-corrected chi connectivity index (χ0v) is 15.1. The zero-order chi connectivity index (χ0) is 17.4. The summed E-state index contributed by atoms with van der Waals surface area (Å²) in [4.78, 5) is 18.0. The maximum absolute atomic E-state index is 12.8. The Labute approximate surface area is 150 Å². The van der Waals surface area contributed by atoms with Crippen LogP contribution in [0.2, 0.25) is 0 Å². The number of carbonyl (C=O) groups is 1. The topological polar surface area (TPSA) is 59.8 Å². The van der Waals surface area contributed by atoms with Gasteiger partial charge in [-0.3, -0.25) is 4.79 Å². The number of anilines is 1. The van der Waals surface area contributed by atoms with E-state index in [0.717, 1.165) is 22.1 Å². The maximum atomic E-state index is 12.8. The first-order chi connectivity index (χ1) is 12.1. The molecule has 0 bridgehead atoms. The third-order valence-electron chi connectivity index (χ3n) is 4.63. The van der Waals surface area contributed by atoms with Crippen LogP contribution in [0.3, 0.4) is 0 Å². The highest BCUT2D eigenvalue weighted by atomic mass is 32.1. The van der Waals surface area contributed by atoms with E-state index in [9.17, 15) is 4.79 Å². The van der Waals surface area contributed by atoms with Gasteiger partial charge in [-0.05, 0) is 32.6 Å². The Morgan fingerprint density at radius 2 is 2.04 bits per heavy atom. The summed E-state index contributed by atoms with van der Waals surface area (Å²) < 4.78 is 1.92. The van der Waals surface area contributed by atoms with Crippen LogP contribution < -0.4 is 5.32 Å². The molecule has 6 heteroatoms. The molecule has 0 radical (unpaired) electrons. The van der Waals surface area contributed by atoms with Crippen LogP contribution in [0.25, 0.3) is 10.6 Å².